The molecule has 0 aromatic heterocycles. The van der Waals surface area contributed by atoms with Gasteiger partial charge in [-0.1, -0.05) is 0 Å². The first-order valence-electron chi connectivity index (χ1n) is 6.44. The van der Waals surface area contributed by atoms with Gasteiger partial charge in [-0.15, -0.1) is 0 Å². The second-order valence-electron chi connectivity index (χ2n) is 4.41. The Bertz CT molecular complexity index is 517. The second kappa shape index (κ2) is 12.6. The van der Waals surface area contributed by atoms with E-state index in [9.17, 15) is 19.2 Å². The summed E-state index contributed by atoms with van der Waals surface area (Å²) in [7, 11) is -4.64. The lowest BCUT2D eigenvalue weighted by Crippen LogP contribution is -2.49. The summed E-state index contributed by atoms with van der Waals surface area (Å²) in [5.74, 6) is -3.70. The largest absolute Gasteiger partial charge is 0.480 e. The van der Waals surface area contributed by atoms with Crippen LogP contribution in [0.3, 0.4) is 0 Å². The number of carbonyl (C=O) groups is 4. The minimum atomic E-state index is -4.64. The third-order valence-electron chi connectivity index (χ3n) is 2.25. The number of nitrogens with two attached hydrogens (primary N) is 1. The van der Waals surface area contributed by atoms with Crippen LogP contribution in [0.25, 0.3) is 0 Å². The van der Waals surface area contributed by atoms with Gasteiger partial charge in [0.1, 0.15) is 18.6 Å². The first-order chi connectivity index (χ1) is 11.3. The molecule has 0 aliphatic heterocycles. The Morgan fingerprint density at radius 2 is 1.60 bits per heavy atom. The highest BCUT2D eigenvalue weighted by atomic mass is 32.1. The number of carboxylic acid groups (broad SMARTS) is 2. The number of thiol groups is 1. The highest BCUT2D eigenvalue weighted by molar-refractivity contribution is 7.80. The van der Waals surface area contributed by atoms with Gasteiger partial charge in [-0.2, -0.15) is 12.6 Å². The third kappa shape index (κ3) is 18.5. The van der Waals surface area contributed by atoms with E-state index < -0.39 is 50.2 Å². The Labute approximate surface area is 147 Å². The quantitative estimate of drug-likeness (QED) is 0.137. The summed E-state index contributed by atoms with van der Waals surface area (Å²) >= 11 is 3.87. The van der Waals surface area contributed by atoms with Crippen LogP contribution >= 0.6 is 20.5 Å². The maximum absolute atomic E-state index is 11.5. The molecule has 0 aromatic rings. The Hall–Kier alpha value is -1.70. The Balaban J connectivity index is 0. The summed E-state index contributed by atoms with van der Waals surface area (Å²) in [6.07, 6.45) is -0.235. The number of carboxylic acids is 2. The molecule has 2 atom stereocenters. The SMILES string of the molecule is NC(CCC(=O)NC(CS)C(=O)NCC(=O)O)C(=O)O.O=P(O)(O)O. The molecule has 146 valence electrons. The van der Waals surface area contributed by atoms with Gasteiger partial charge in [-0.3, -0.25) is 19.2 Å². The number of hydrogen-bond acceptors (Lipinski definition) is 7. The van der Waals surface area contributed by atoms with E-state index in [4.69, 9.17) is 35.2 Å². The standard InChI is InChI=1S/C10H17N3O6S.H3O4P/c11-5(10(18)19)1-2-7(14)13-6(4-20)9(17)12-3-8(15)16;1-5(2,3)4/h5-6,20H,1-4,11H2,(H,12,17)(H,13,14)(H,15,16)(H,18,19);(H3,1,2,3,4). The minimum Gasteiger partial charge on any atom is -0.480 e. The molecule has 0 rings (SSSR count). The summed E-state index contributed by atoms with van der Waals surface area (Å²) in [6, 6.07) is -2.15. The molecule has 0 bridgehead atoms. The zero-order valence-electron chi connectivity index (χ0n) is 12.7. The van der Waals surface area contributed by atoms with Crippen molar-refractivity contribution >= 4 is 44.2 Å². The molecule has 9 N–H and O–H groups in total. The van der Waals surface area contributed by atoms with E-state index in [1.54, 1.807) is 0 Å². The fraction of sp³-hybridized carbons (Fsp3) is 0.600. The highest BCUT2D eigenvalue weighted by Crippen LogP contribution is 2.25. The van der Waals surface area contributed by atoms with E-state index in [2.05, 4.69) is 23.3 Å². The number of phosphoric acid groups is 1. The molecule has 2 amide bonds. The van der Waals surface area contributed by atoms with Gasteiger partial charge in [-0.25, -0.2) is 4.57 Å². The lowest BCUT2D eigenvalue weighted by Gasteiger charge is -2.16. The number of amides is 2. The fourth-order valence-corrected chi connectivity index (χ4v) is 1.41. The third-order valence-corrected chi connectivity index (χ3v) is 2.61. The van der Waals surface area contributed by atoms with Crippen molar-refractivity contribution in [1.82, 2.24) is 10.6 Å². The number of rotatable bonds is 9. The van der Waals surface area contributed by atoms with E-state index in [0.717, 1.165) is 0 Å². The van der Waals surface area contributed by atoms with Crippen molar-refractivity contribution in [2.75, 3.05) is 12.3 Å². The minimum absolute atomic E-state index is 0.0256. The van der Waals surface area contributed by atoms with Gasteiger partial charge in [0, 0.05) is 12.2 Å². The molecular weight excluding hydrogens is 385 g/mol. The Morgan fingerprint density at radius 3 is 1.96 bits per heavy atom. The molecule has 0 saturated heterocycles. The maximum Gasteiger partial charge on any atom is 0.466 e. The number of nitrogens with one attached hydrogen (secondary N) is 2. The smallest absolute Gasteiger partial charge is 0.466 e. The van der Waals surface area contributed by atoms with Crippen molar-refractivity contribution in [3.8, 4) is 0 Å². The fourth-order valence-electron chi connectivity index (χ4n) is 1.16. The molecule has 0 aromatic carbocycles. The van der Waals surface area contributed by atoms with Gasteiger partial charge in [-0.05, 0) is 6.42 Å². The second-order valence-corrected chi connectivity index (χ2v) is 5.80. The number of aliphatic carboxylic acids is 2. The molecule has 0 aliphatic rings. The summed E-state index contributed by atoms with van der Waals surface area (Å²) in [5.41, 5.74) is 5.23. The number of hydrogen-bond donors (Lipinski definition) is 9. The summed E-state index contributed by atoms with van der Waals surface area (Å²) in [6.45, 7) is -0.567. The van der Waals surface area contributed by atoms with Gasteiger partial charge in [0.15, 0.2) is 0 Å². The van der Waals surface area contributed by atoms with E-state index in [1.807, 2.05) is 0 Å². The van der Waals surface area contributed by atoms with Crippen LogP contribution in [0.15, 0.2) is 0 Å². The van der Waals surface area contributed by atoms with Gasteiger partial charge >= 0.3 is 19.8 Å². The van der Waals surface area contributed by atoms with Crippen molar-refractivity contribution < 1.29 is 48.6 Å². The maximum atomic E-state index is 11.5. The topological polar surface area (TPSA) is 237 Å². The van der Waals surface area contributed by atoms with Gasteiger partial charge in [0.25, 0.3) is 0 Å². The molecule has 0 saturated carbocycles. The number of carbonyl (C=O) groups excluding carboxylic acids is 2. The van der Waals surface area contributed by atoms with E-state index in [-0.39, 0.29) is 18.6 Å². The molecule has 0 radical (unpaired) electrons. The molecule has 2 unspecified atom stereocenters. The highest BCUT2D eigenvalue weighted by Gasteiger charge is 2.20. The van der Waals surface area contributed by atoms with Gasteiger partial charge in [0.2, 0.25) is 11.8 Å². The summed E-state index contributed by atoms with van der Waals surface area (Å²) < 4.78 is 8.88. The molecule has 25 heavy (non-hydrogen) atoms. The first kappa shape index (κ1) is 25.5. The predicted molar refractivity (Wildman–Crippen MR) is 85.5 cm³/mol. The lowest BCUT2D eigenvalue weighted by atomic mass is 10.1. The Kier molecular flexibility index (Phi) is 12.9. The monoisotopic (exact) mass is 405 g/mol. The van der Waals surface area contributed by atoms with E-state index in [1.165, 1.54) is 0 Å². The van der Waals surface area contributed by atoms with E-state index >= 15 is 0 Å². The molecular formula is C10H20N3O10PS. The zero-order chi connectivity index (χ0) is 20.2. The van der Waals surface area contributed by atoms with Crippen molar-refractivity contribution in [1.29, 1.82) is 0 Å². The van der Waals surface area contributed by atoms with Crippen LogP contribution < -0.4 is 16.4 Å². The predicted octanol–water partition coefficient (Wildman–Crippen LogP) is -3.13. The summed E-state index contributed by atoms with van der Waals surface area (Å²) in [5, 5.41) is 21.4. The molecule has 0 aliphatic carbocycles. The molecule has 0 fully saturated rings. The average Bonchev–Trinajstić information content (AvgIpc) is 2.45. The van der Waals surface area contributed by atoms with Crippen LogP contribution in [-0.2, 0) is 23.7 Å². The Morgan fingerprint density at radius 1 is 1.12 bits per heavy atom. The van der Waals surface area contributed by atoms with Crippen molar-refractivity contribution in [2.24, 2.45) is 5.73 Å². The summed E-state index contributed by atoms with van der Waals surface area (Å²) in [4.78, 5) is 65.3. The van der Waals surface area contributed by atoms with Crippen molar-refractivity contribution in [3.63, 3.8) is 0 Å². The van der Waals surface area contributed by atoms with Gasteiger partial charge in [0.05, 0.1) is 0 Å². The zero-order valence-corrected chi connectivity index (χ0v) is 14.5. The average molecular weight is 405 g/mol. The van der Waals surface area contributed by atoms with Crippen molar-refractivity contribution in [3.05, 3.63) is 0 Å². The van der Waals surface area contributed by atoms with Crippen LogP contribution in [0, 0.1) is 0 Å². The van der Waals surface area contributed by atoms with Crippen LogP contribution in [0.1, 0.15) is 12.8 Å². The first-order valence-corrected chi connectivity index (χ1v) is 8.64. The van der Waals surface area contributed by atoms with Crippen molar-refractivity contribution in [2.45, 2.75) is 24.9 Å². The van der Waals surface area contributed by atoms with Crippen LogP contribution in [0.4, 0.5) is 0 Å². The van der Waals surface area contributed by atoms with Crippen LogP contribution in [-0.4, -0.2) is 73.0 Å². The lowest BCUT2D eigenvalue weighted by molar-refractivity contribution is -0.139. The van der Waals surface area contributed by atoms with Gasteiger partial charge < -0.3 is 41.3 Å². The van der Waals surface area contributed by atoms with Crippen LogP contribution in [0.2, 0.25) is 0 Å². The molecule has 0 spiro atoms. The van der Waals surface area contributed by atoms with Crippen LogP contribution in [0.5, 0.6) is 0 Å². The molecule has 15 heteroatoms. The molecule has 13 nitrogen and oxygen atoms in total. The molecule has 0 heterocycles. The normalized spacial score (nSPS) is 12.8. The van der Waals surface area contributed by atoms with E-state index in [0.29, 0.717) is 0 Å².